The van der Waals surface area contributed by atoms with Gasteiger partial charge in [-0.05, 0) is 48.5 Å². The average molecular weight is 342 g/mol. The lowest BCUT2D eigenvalue weighted by molar-refractivity contribution is -0.164. The number of piperazine rings is 1. The van der Waals surface area contributed by atoms with Gasteiger partial charge in [0.25, 0.3) is 0 Å². The van der Waals surface area contributed by atoms with Gasteiger partial charge in [-0.1, -0.05) is 0 Å². The Bertz CT molecular complexity index is 490. The summed E-state index contributed by atoms with van der Waals surface area (Å²) < 4.78 is 10.5. The van der Waals surface area contributed by atoms with Crippen molar-refractivity contribution in [2.75, 3.05) is 26.2 Å². The highest BCUT2D eigenvalue weighted by molar-refractivity contribution is 5.84. The largest absolute Gasteiger partial charge is 0.459 e. The van der Waals surface area contributed by atoms with Gasteiger partial charge in [0.1, 0.15) is 17.7 Å². The molecule has 0 spiro atoms. The fourth-order valence-corrected chi connectivity index (χ4v) is 2.40. The maximum absolute atomic E-state index is 12.2. The first kappa shape index (κ1) is 20.4. The van der Waals surface area contributed by atoms with Crippen LogP contribution in [-0.4, -0.2) is 71.1 Å². The summed E-state index contributed by atoms with van der Waals surface area (Å²) in [6, 6.07) is -0.0438. The molecule has 1 aliphatic rings. The van der Waals surface area contributed by atoms with Crippen molar-refractivity contribution in [2.45, 2.75) is 65.7 Å². The first-order valence-corrected chi connectivity index (χ1v) is 8.22. The zero-order valence-electron chi connectivity index (χ0n) is 15.8. The summed E-state index contributed by atoms with van der Waals surface area (Å²) in [4.78, 5) is 39.3. The molecule has 1 saturated heterocycles. The highest BCUT2D eigenvalue weighted by atomic mass is 16.6. The van der Waals surface area contributed by atoms with Crippen molar-refractivity contribution in [1.29, 1.82) is 0 Å². The molecule has 1 fully saturated rings. The highest BCUT2D eigenvalue weighted by Crippen LogP contribution is 2.14. The fraction of sp³-hybridized carbons (Fsp3) is 0.824. The minimum atomic E-state index is -0.579. The van der Waals surface area contributed by atoms with Crippen LogP contribution in [0.4, 0.5) is 0 Å². The summed E-state index contributed by atoms with van der Waals surface area (Å²) in [6.07, 6.45) is 0. The topological polar surface area (TPSA) is 76.2 Å². The molecule has 1 amide bonds. The zero-order valence-corrected chi connectivity index (χ0v) is 15.8. The number of carbonyl (C=O) groups excluding carboxylic acids is 3. The third-order valence-corrected chi connectivity index (χ3v) is 3.29. The number of rotatable bonds is 4. The molecule has 1 atom stereocenters. The number of carbonyl (C=O) groups is 3. The van der Waals surface area contributed by atoms with E-state index in [4.69, 9.17) is 9.47 Å². The summed E-state index contributed by atoms with van der Waals surface area (Å²) in [5, 5.41) is 0. The van der Waals surface area contributed by atoms with Gasteiger partial charge in [-0.25, -0.2) is 0 Å². The van der Waals surface area contributed by atoms with E-state index in [1.54, 1.807) is 46.4 Å². The lowest BCUT2D eigenvalue weighted by atomic mass is 10.1. The molecule has 24 heavy (non-hydrogen) atoms. The minimum absolute atomic E-state index is 0.0438. The predicted molar refractivity (Wildman–Crippen MR) is 89.3 cm³/mol. The lowest BCUT2D eigenvalue weighted by Gasteiger charge is -2.38. The van der Waals surface area contributed by atoms with E-state index in [0.717, 1.165) is 0 Å². The van der Waals surface area contributed by atoms with Crippen molar-refractivity contribution in [3.63, 3.8) is 0 Å². The van der Waals surface area contributed by atoms with Gasteiger partial charge in [0.05, 0.1) is 13.1 Å². The van der Waals surface area contributed by atoms with Gasteiger partial charge in [0, 0.05) is 12.6 Å². The Morgan fingerprint density at radius 3 is 1.92 bits per heavy atom. The van der Waals surface area contributed by atoms with E-state index in [2.05, 4.69) is 0 Å². The molecule has 0 saturated carbocycles. The summed E-state index contributed by atoms with van der Waals surface area (Å²) in [7, 11) is 0. The smallest absolute Gasteiger partial charge is 0.326 e. The van der Waals surface area contributed by atoms with Gasteiger partial charge in [0.2, 0.25) is 5.91 Å². The van der Waals surface area contributed by atoms with Gasteiger partial charge in [-0.15, -0.1) is 0 Å². The van der Waals surface area contributed by atoms with Gasteiger partial charge >= 0.3 is 11.9 Å². The van der Waals surface area contributed by atoms with Crippen molar-refractivity contribution < 1.29 is 23.9 Å². The first-order valence-electron chi connectivity index (χ1n) is 8.22. The Labute approximate surface area is 144 Å². The Morgan fingerprint density at radius 2 is 1.46 bits per heavy atom. The third-order valence-electron chi connectivity index (χ3n) is 3.29. The molecular weight excluding hydrogens is 312 g/mol. The number of hydrogen-bond acceptors (Lipinski definition) is 6. The first-order chi connectivity index (χ1) is 10.8. The van der Waals surface area contributed by atoms with E-state index in [1.807, 2.05) is 6.92 Å². The van der Waals surface area contributed by atoms with Crippen molar-refractivity contribution in [2.24, 2.45) is 0 Å². The van der Waals surface area contributed by atoms with E-state index >= 15 is 0 Å². The molecule has 7 nitrogen and oxygen atoms in total. The number of nitrogens with zero attached hydrogens (tertiary/aromatic N) is 2. The van der Waals surface area contributed by atoms with Gasteiger partial charge in [0.15, 0.2) is 0 Å². The minimum Gasteiger partial charge on any atom is -0.459 e. The monoisotopic (exact) mass is 342 g/mol. The van der Waals surface area contributed by atoms with Crippen LogP contribution in [0.5, 0.6) is 0 Å². The molecule has 1 aliphatic heterocycles. The van der Waals surface area contributed by atoms with Crippen LogP contribution in [0.15, 0.2) is 0 Å². The molecule has 0 aliphatic carbocycles. The van der Waals surface area contributed by atoms with Crippen molar-refractivity contribution >= 4 is 17.8 Å². The lowest BCUT2D eigenvalue weighted by Crippen LogP contribution is -2.57. The Morgan fingerprint density at radius 1 is 1.00 bits per heavy atom. The maximum Gasteiger partial charge on any atom is 0.326 e. The predicted octanol–water partition coefficient (Wildman–Crippen LogP) is 1.20. The molecule has 1 heterocycles. The van der Waals surface area contributed by atoms with Crippen LogP contribution in [0.3, 0.4) is 0 Å². The molecule has 0 aromatic heterocycles. The Balaban J connectivity index is 2.56. The fourth-order valence-electron chi connectivity index (χ4n) is 2.40. The summed E-state index contributed by atoms with van der Waals surface area (Å²) >= 11 is 0. The van der Waals surface area contributed by atoms with E-state index in [-0.39, 0.29) is 37.6 Å². The van der Waals surface area contributed by atoms with Gasteiger partial charge in [-0.2, -0.15) is 0 Å². The van der Waals surface area contributed by atoms with Crippen molar-refractivity contribution in [3.05, 3.63) is 0 Å². The van der Waals surface area contributed by atoms with Crippen LogP contribution in [-0.2, 0) is 23.9 Å². The van der Waals surface area contributed by atoms with E-state index < -0.39 is 17.2 Å². The van der Waals surface area contributed by atoms with Crippen LogP contribution < -0.4 is 0 Å². The van der Waals surface area contributed by atoms with E-state index in [0.29, 0.717) is 6.54 Å². The van der Waals surface area contributed by atoms with Crippen LogP contribution in [0.1, 0.15) is 48.5 Å². The third kappa shape index (κ3) is 7.29. The molecule has 0 N–H and O–H groups in total. The molecule has 0 aromatic rings. The van der Waals surface area contributed by atoms with Crippen LogP contribution in [0.25, 0.3) is 0 Å². The van der Waals surface area contributed by atoms with Crippen LogP contribution in [0.2, 0.25) is 0 Å². The van der Waals surface area contributed by atoms with Crippen LogP contribution in [0, 0.1) is 0 Å². The van der Waals surface area contributed by atoms with E-state index in [1.165, 1.54) is 4.90 Å². The number of amides is 1. The molecule has 0 radical (unpaired) electrons. The summed E-state index contributed by atoms with van der Waals surface area (Å²) in [6.45, 7) is 13.1. The van der Waals surface area contributed by atoms with Crippen LogP contribution >= 0.6 is 0 Å². The average Bonchev–Trinajstić information content (AvgIpc) is 2.30. The second kappa shape index (κ2) is 7.51. The molecule has 1 rings (SSSR count). The van der Waals surface area contributed by atoms with Crippen molar-refractivity contribution in [1.82, 2.24) is 9.80 Å². The SMILES string of the molecule is C[C@H]1CN(CC(=O)OC(C)(C)C)C(=O)CN1CC(=O)OC(C)(C)C. The summed E-state index contributed by atoms with van der Waals surface area (Å²) in [5.74, 6) is -0.978. The van der Waals surface area contributed by atoms with E-state index in [9.17, 15) is 14.4 Å². The molecule has 7 heteroatoms. The second-order valence-electron chi connectivity index (χ2n) is 8.20. The second-order valence-corrected chi connectivity index (χ2v) is 8.20. The molecular formula is C17H30N2O5. The zero-order chi connectivity index (χ0) is 18.7. The van der Waals surface area contributed by atoms with Gasteiger partial charge < -0.3 is 14.4 Å². The standard InChI is InChI=1S/C17H30N2O5/c1-12-8-19(11-15(22)24-17(5,6)7)13(20)9-18(12)10-14(21)23-16(2,3)4/h12H,8-11H2,1-7H3/t12-/m0/s1. The number of esters is 2. The Kier molecular flexibility index (Phi) is 6.38. The molecule has 0 bridgehead atoms. The molecule has 0 aromatic carbocycles. The maximum atomic E-state index is 12.2. The Hall–Kier alpha value is -1.63. The number of hydrogen-bond donors (Lipinski definition) is 0. The number of ether oxygens (including phenoxy) is 2. The molecule has 138 valence electrons. The highest BCUT2D eigenvalue weighted by Gasteiger charge is 2.33. The normalized spacial score (nSPS) is 20.0. The van der Waals surface area contributed by atoms with Crippen molar-refractivity contribution in [3.8, 4) is 0 Å². The van der Waals surface area contributed by atoms with Gasteiger partial charge in [-0.3, -0.25) is 19.3 Å². The summed E-state index contributed by atoms with van der Waals surface area (Å²) in [5.41, 5.74) is -1.13. The quantitative estimate of drug-likeness (QED) is 0.715. The molecule has 0 unspecified atom stereocenters.